The maximum atomic E-state index is 11.5. The lowest BCUT2D eigenvalue weighted by Crippen LogP contribution is -2.17. The summed E-state index contributed by atoms with van der Waals surface area (Å²) in [5.74, 6) is -0.891. The molecule has 0 aliphatic heterocycles. The van der Waals surface area contributed by atoms with Crippen molar-refractivity contribution in [2.75, 3.05) is 0 Å². The average molecular weight is 347 g/mol. The molecule has 2 heteroatoms. The third kappa shape index (κ3) is 8.07. The third-order valence-corrected chi connectivity index (χ3v) is 6.18. The van der Waals surface area contributed by atoms with Gasteiger partial charge in [-0.3, -0.25) is 4.79 Å². The van der Waals surface area contributed by atoms with Crippen molar-refractivity contribution in [3.63, 3.8) is 0 Å². The van der Waals surface area contributed by atoms with Gasteiger partial charge in [0.2, 0.25) is 0 Å². The summed E-state index contributed by atoms with van der Waals surface area (Å²) < 4.78 is 0. The molecule has 1 rings (SSSR count). The van der Waals surface area contributed by atoms with Gasteiger partial charge in [-0.25, -0.2) is 0 Å². The Morgan fingerprint density at radius 1 is 0.920 bits per heavy atom. The van der Waals surface area contributed by atoms with Crippen molar-refractivity contribution in [3.8, 4) is 0 Å². The molecular weight excluding hydrogens is 308 g/mol. The van der Waals surface area contributed by atoms with Crippen molar-refractivity contribution in [3.05, 3.63) is 35.9 Å². The van der Waals surface area contributed by atoms with Gasteiger partial charge < -0.3 is 5.11 Å². The van der Waals surface area contributed by atoms with E-state index in [1.54, 1.807) is 0 Å². The normalized spacial score (nSPS) is 12.9. The monoisotopic (exact) mass is 346 g/mol. The second kappa shape index (κ2) is 12.1. The van der Waals surface area contributed by atoms with Crippen LogP contribution in [-0.2, 0) is 11.2 Å². The van der Waals surface area contributed by atoms with E-state index in [9.17, 15) is 9.90 Å². The molecule has 2 nitrogen and oxygen atoms in total. The largest absolute Gasteiger partial charge is 0.481 e. The highest BCUT2D eigenvalue weighted by Gasteiger charge is 2.22. The van der Waals surface area contributed by atoms with Crippen molar-refractivity contribution in [2.24, 2.45) is 11.3 Å². The van der Waals surface area contributed by atoms with Crippen molar-refractivity contribution in [1.29, 1.82) is 0 Å². The molecule has 1 atom stereocenters. The Kier molecular flexibility index (Phi) is 10.5. The molecule has 0 heterocycles. The van der Waals surface area contributed by atoms with Gasteiger partial charge in [0.25, 0.3) is 0 Å². The molecule has 0 aliphatic rings. The van der Waals surface area contributed by atoms with E-state index < -0.39 is 5.97 Å². The predicted octanol–water partition coefficient (Wildman–Crippen LogP) is 6.88. The molecule has 0 saturated heterocycles. The Hall–Kier alpha value is -1.31. The number of carboxylic acid groups (broad SMARTS) is 1. The SMILES string of the molecule is CCC(CC)(CC)CCCCCCCC(Cc1ccccc1)C(=O)O. The molecule has 0 radical (unpaired) electrons. The van der Waals surface area contributed by atoms with Crippen LogP contribution in [0.25, 0.3) is 0 Å². The maximum absolute atomic E-state index is 11.5. The number of hydrogen-bond donors (Lipinski definition) is 1. The van der Waals surface area contributed by atoms with E-state index in [-0.39, 0.29) is 5.92 Å². The van der Waals surface area contributed by atoms with Crippen LogP contribution < -0.4 is 0 Å². The Labute approximate surface area is 155 Å². The van der Waals surface area contributed by atoms with Crippen LogP contribution in [0.4, 0.5) is 0 Å². The van der Waals surface area contributed by atoms with Crippen LogP contribution in [0, 0.1) is 11.3 Å². The van der Waals surface area contributed by atoms with Crippen LogP contribution in [0.15, 0.2) is 30.3 Å². The second-order valence-corrected chi connectivity index (χ2v) is 7.59. The molecule has 0 aromatic heterocycles. The molecule has 0 amide bonds. The smallest absolute Gasteiger partial charge is 0.306 e. The topological polar surface area (TPSA) is 37.3 Å². The third-order valence-electron chi connectivity index (χ3n) is 6.18. The molecule has 0 fully saturated rings. The zero-order valence-corrected chi connectivity index (χ0v) is 16.6. The van der Waals surface area contributed by atoms with E-state index in [2.05, 4.69) is 20.8 Å². The van der Waals surface area contributed by atoms with Gasteiger partial charge in [0.15, 0.2) is 0 Å². The number of carboxylic acids is 1. The number of carbonyl (C=O) groups is 1. The first kappa shape index (κ1) is 21.7. The highest BCUT2D eigenvalue weighted by Crippen LogP contribution is 2.36. The van der Waals surface area contributed by atoms with Crippen molar-refractivity contribution in [2.45, 2.75) is 91.4 Å². The minimum absolute atomic E-state index is 0.240. The lowest BCUT2D eigenvalue weighted by atomic mass is 9.75. The van der Waals surface area contributed by atoms with E-state index >= 15 is 0 Å². The van der Waals surface area contributed by atoms with E-state index in [0.29, 0.717) is 11.8 Å². The summed E-state index contributed by atoms with van der Waals surface area (Å²) in [6.45, 7) is 6.98. The van der Waals surface area contributed by atoms with Crippen LogP contribution >= 0.6 is 0 Å². The molecule has 1 aromatic carbocycles. The van der Waals surface area contributed by atoms with E-state index in [1.165, 1.54) is 44.9 Å². The van der Waals surface area contributed by atoms with Gasteiger partial charge in [0.05, 0.1) is 5.92 Å². The predicted molar refractivity (Wildman–Crippen MR) is 107 cm³/mol. The first-order chi connectivity index (χ1) is 12.1. The average Bonchev–Trinajstić information content (AvgIpc) is 2.64. The first-order valence-electron chi connectivity index (χ1n) is 10.3. The second-order valence-electron chi connectivity index (χ2n) is 7.59. The minimum atomic E-state index is -0.650. The fraction of sp³-hybridized carbons (Fsp3) is 0.696. The quantitative estimate of drug-likeness (QED) is 0.373. The van der Waals surface area contributed by atoms with Gasteiger partial charge in [-0.1, -0.05) is 102 Å². The van der Waals surface area contributed by atoms with Crippen LogP contribution in [0.3, 0.4) is 0 Å². The minimum Gasteiger partial charge on any atom is -0.481 e. The number of unbranched alkanes of at least 4 members (excludes halogenated alkanes) is 4. The van der Waals surface area contributed by atoms with Crippen molar-refractivity contribution in [1.82, 2.24) is 0 Å². The number of rotatable bonds is 14. The summed E-state index contributed by atoms with van der Waals surface area (Å²) in [6.07, 6.45) is 12.7. The van der Waals surface area contributed by atoms with E-state index in [1.807, 2.05) is 30.3 Å². The fourth-order valence-corrected chi connectivity index (χ4v) is 3.91. The van der Waals surface area contributed by atoms with Crippen LogP contribution in [0.1, 0.15) is 90.5 Å². The molecule has 0 saturated carbocycles. The van der Waals surface area contributed by atoms with Crippen molar-refractivity contribution < 1.29 is 9.90 Å². The molecule has 142 valence electrons. The van der Waals surface area contributed by atoms with Crippen LogP contribution in [0.5, 0.6) is 0 Å². The number of benzene rings is 1. The Balaban J connectivity index is 2.21. The first-order valence-corrected chi connectivity index (χ1v) is 10.3. The van der Waals surface area contributed by atoms with Gasteiger partial charge in [0.1, 0.15) is 0 Å². The summed E-state index contributed by atoms with van der Waals surface area (Å²) in [6, 6.07) is 9.99. The lowest BCUT2D eigenvalue weighted by Gasteiger charge is -2.30. The van der Waals surface area contributed by atoms with Gasteiger partial charge in [0, 0.05) is 0 Å². The summed E-state index contributed by atoms with van der Waals surface area (Å²) in [5.41, 5.74) is 1.69. The highest BCUT2D eigenvalue weighted by molar-refractivity contribution is 5.70. The summed E-state index contributed by atoms with van der Waals surface area (Å²) >= 11 is 0. The molecule has 0 bridgehead atoms. The lowest BCUT2D eigenvalue weighted by molar-refractivity contribution is -0.142. The van der Waals surface area contributed by atoms with Gasteiger partial charge >= 0.3 is 5.97 Å². The van der Waals surface area contributed by atoms with Crippen LogP contribution in [-0.4, -0.2) is 11.1 Å². The molecule has 0 aliphatic carbocycles. The zero-order chi connectivity index (χ0) is 18.5. The fourth-order valence-electron chi connectivity index (χ4n) is 3.91. The molecule has 0 spiro atoms. The van der Waals surface area contributed by atoms with Crippen LogP contribution in [0.2, 0.25) is 0 Å². The zero-order valence-electron chi connectivity index (χ0n) is 16.6. The number of aliphatic carboxylic acids is 1. The van der Waals surface area contributed by atoms with E-state index in [4.69, 9.17) is 0 Å². The maximum Gasteiger partial charge on any atom is 0.306 e. The molecule has 1 unspecified atom stereocenters. The Morgan fingerprint density at radius 2 is 1.48 bits per heavy atom. The number of hydrogen-bond acceptors (Lipinski definition) is 1. The molecule has 25 heavy (non-hydrogen) atoms. The van der Waals surface area contributed by atoms with Gasteiger partial charge in [-0.05, 0) is 30.2 Å². The summed E-state index contributed by atoms with van der Waals surface area (Å²) in [5, 5.41) is 9.45. The molecule has 1 aromatic rings. The highest BCUT2D eigenvalue weighted by atomic mass is 16.4. The summed E-state index contributed by atoms with van der Waals surface area (Å²) in [7, 11) is 0. The van der Waals surface area contributed by atoms with E-state index in [0.717, 1.165) is 24.8 Å². The molecule has 1 N–H and O–H groups in total. The van der Waals surface area contributed by atoms with Gasteiger partial charge in [-0.2, -0.15) is 0 Å². The van der Waals surface area contributed by atoms with Gasteiger partial charge in [-0.15, -0.1) is 0 Å². The van der Waals surface area contributed by atoms with Crippen molar-refractivity contribution >= 4 is 5.97 Å². The Bertz CT molecular complexity index is 454. The standard InChI is InChI=1S/C23H38O2/c1-4-23(5-2,6-3)18-14-9-7-8-13-17-21(22(24)25)19-20-15-11-10-12-16-20/h10-12,15-16,21H,4-9,13-14,17-19H2,1-3H3,(H,24,25). The summed E-state index contributed by atoms with van der Waals surface area (Å²) in [4.78, 5) is 11.5. The Morgan fingerprint density at radius 3 is 2.04 bits per heavy atom. The molecular formula is C23H38O2.